The average Bonchev–Trinajstić information content (AvgIpc) is 3.61. The van der Waals surface area contributed by atoms with Gasteiger partial charge in [0.25, 0.3) is 18.2 Å². The van der Waals surface area contributed by atoms with Gasteiger partial charge in [-0.3, -0.25) is 9.59 Å². The molecule has 0 unspecified atom stereocenters. The number of nitrogens with two attached hydrogens (primary N) is 1. The molecule has 0 aliphatic rings. The number of hydrogen-bond donors (Lipinski definition) is 2. The van der Waals surface area contributed by atoms with Crippen molar-refractivity contribution >= 4 is 50.4 Å². The molecule has 3 N–H and O–H groups in total. The van der Waals surface area contributed by atoms with Gasteiger partial charge < -0.3 is 20.2 Å². The van der Waals surface area contributed by atoms with Crippen LogP contribution in [-0.2, 0) is 6.61 Å². The number of nitrogens with one attached hydrogen (secondary N) is 1. The third-order valence-electron chi connectivity index (χ3n) is 5.63. The molecule has 0 fully saturated rings. The lowest BCUT2D eigenvalue weighted by Gasteiger charge is -2.09. The molecule has 0 atom stereocenters. The number of rotatable bonds is 8. The number of fused-ring (bicyclic) bond motifs is 1. The minimum absolute atomic E-state index is 0.00338. The lowest BCUT2D eigenvalue weighted by molar-refractivity contribution is 0.0992. The number of amides is 2. The molecule has 4 heterocycles. The van der Waals surface area contributed by atoms with E-state index in [1.807, 2.05) is 44.2 Å². The van der Waals surface area contributed by atoms with Crippen LogP contribution in [0, 0.1) is 13.8 Å². The molecule has 7 nitrogen and oxygen atoms in total. The fourth-order valence-electron chi connectivity index (χ4n) is 3.91. The van der Waals surface area contributed by atoms with Gasteiger partial charge in [0.15, 0.2) is 5.76 Å². The summed E-state index contributed by atoms with van der Waals surface area (Å²) in [5.41, 5.74) is 6.74. The van der Waals surface area contributed by atoms with Crippen LogP contribution >= 0.6 is 22.7 Å². The molecular weight excluding hydrogens is 532 g/mol. The van der Waals surface area contributed by atoms with Gasteiger partial charge >= 0.3 is 0 Å². The third kappa shape index (κ3) is 5.15. The fraction of sp³-hybridized carbons (Fsp3) is 0.148. The molecule has 0 aliphatic heterocycles. The maximum atomic E-state index is 13.6. The van der Waals surface area contributed by atoms with Gasteiger partial charge in [-0.25, -0.2) is 13.8 Å². The molecule has 0 saturated carbocycles. The van der Waals surface area contributed by atoms with E-state index in [1.54, 1.807) is 12.1 Å². The maximum Gasteiger partial charge on any atom is 0.291 e. The molecule has 4 aromatic heterocycles. The van der Waals surface area contributed by atoms with Crippen molar-refractivity contribution in [1.82, 2.24) is 4.98 Å². The highest BCUT2D eigenvalue weighted by molar-refractivity contribution is 7.21. The number of anilines is 1. The smallest absolute Gasteiger partial charge is 0.291 e. The summed E-state index contributed by atoms with van der Waals surface area (Å²) in [7, 11) is 0. The lowest BCUT2D eigenvalue weighted by atomic mass is 10.1. The summed E-state index contributed by atoms with van der Waals surface area (Å²) >= 11 is 2.24. The van der Waals surface area contributed by atoms with E-state index in [-0.39, 0.29) is 27.8 Å². The number of nitrogens with zero attached hydrogens (tertiary/aromatic N) is 1. The van der Waals surface area contributed by atoms with Gasteiger partial charge in [-0.15, -0.1) is 22.7 Å². The topological polar surface area (TPSA) is 107 Å². The molecule has 0 bridgehead atoms. The minimum atomic E-state index is -2.82. The normalized spacial score (nSPS) is 11.3. The molecule has 5 aromatic rings. The van der Waals surface area contributed by atoms with Crippen molar-refractivity contribution in [2.24, 2.45) is 5.73 Å². The molecule has 194 valence electrons. The van der Waals surface area contributed by atoms with Crippen LogP contribution in [0.15, 0.2) is 59.0 Å². The van der Waals surface area contributed by atoms with Gasteiger partial charge in [-0.05, 0) is 61.9 Å². The van der Waals surface area contributed by atoms with Crippen molar-refractivity contribution in [2.75, 3.05) is 5.32 Å². The summed E-state index contributed by atoms with van der Waals surface area (Å²) in [5, 5.41) is 3.06. The van der Waals surface area contributed by atoms with E-state index in [0.29, 0.717) is 27.3 Å². The molecule has 38 heavy (non-hydrogen) atoms. The van der Waals surface area contributed by atoms with Crippen molar-refractivity contribution < 1.29 is 27.5 Å². The quantitative estimate of drug-likeness (QED) is 0.213. The number of furan rings is 1. The Balaban J connectivity index is 1.49. The first-order valence-electron chi connectivity index (χ1n) is 11.4. The fourth-order valence-corrected chi connectivity index (χ4v) is 5.81. The summed E-state index contributed by atoms with van der Waals surface area (Å²) in [5.74, 6) is -0.398. The van der Waals surface area contributed by atoms with Crippen molar-refractivity contribution in [2.45, 2.75) is 26.9 Å². The van der Waals surface area contributed by atoms with Gasteiger partial charge in [0.1, 0.15) is 33.5 Å². The Morgan fingerprint density at radius 3 is 2.61 bits per heavy atom. The van der Waals surface area contributed by atoms with Crippen LogP contribution in [0.4, 0.5) is 14.5 Å². The number of primary amides is 1. The number of aromatic nitrogens is 1. The number of benzene rings is 1. The SMILES string of the molecule is Cc1cccc(OCc2ccc(C(=O)Nc3c(C(N)=O)sc4nc(C(F)F)cc(-c5ccc(C)s5)c34)o2)c1. The van der Waals surface area contributed by atoms with Crippen molar-refractivity contribution in [3.05, 3.63) is 87.1 Å². The predicted molar refractivity (Wildman–Crippen MR) is 143 cm³/mol. The second-order valence-corrected chi connectivity index (χ2v) is 10.8. The Morgan fingerprint density at radius 2 is 1.92 bits per heavy atom. The highest BCUT2D eigenvalue weighted by Crippen LogP contribution is 2.44. The number of thiophene rings is 2. The van der Waals surface area contributed by atoms with Crippen LogP contribution < -0.4 is 15.8 Å². The zero-order valence-electron chi connectivity index (χ0n) is 20.2. The number of halogens is 2. The number of aryl methyl sites for hydroxylation is 2. The minimum Gasteiger partial charge on any atom is -0.486 e. The second-order valence-electron chi connectivity index (χ2n) is 8.48. The summed E-state index contributed by atoms with van der Waals surface area (Å²) < 4.78 is 38.7. The highest BCUT2D eigenvalue weighted by atomic mass is 32.1. The molecule has 1 aromatic carbocycles. The van der Waals surface area contributed by atoms with Crippen LogP contribution in [0.3, 0.4) is 0 Å². The van der Waals surface area contributed by atoms with Crippen molar-refractivity contribution in [3.63, 3.8) is 0 Å². The van der Waals surface area contributed by atoms with Gasteiger partial charge in [-0.1, -0.05) is 12.1 Å². The monoisotopic (exact) mass is 553 g/mol. The summed E-state index contributed by atoms with van der Waals surface area (Å²) in [6.07, 6.45) is -2.82. The van der Waals surface area contributed by atoms with Gasteiger partial charge in [0, 0.05) is 20.7 Å². The van der Waals surface area contributed by atoms with Crippen LogP contribution in [-0.4, -0.2) is 16.8 Å². The molecule has 0 spiro atoms. The number of carbonyl (C=O) groups is 2. The molecule has 0 saturated heterocycles. The largest absolute Gasteiger partial charge is 0.486 e. The van der Waals surface area contributed by atoms with Crippen LogP contribution in [0.1, 0.15) is 48.5 Å². The second kappa shape index (κ2) is 10.3. The lowest BCUT2D eigenvalue weighted by Crippen LogP contribution is -2.16. The highest BCUT2D eigenvalue weighted by Gasteiger charge is 2.26. The van der Waals surface area contributed by atoms with E-state index in [9.17, 15) is 18.4 Å². The van der Waals surface area contributed by atoms with Crippen LogP contribution in [0.25, 0.3) is 20.7 Å². The number of carbonyl (C=O) groups excluding carboxylic acids is 2. The number of pyridine rings is 1. The number of hydrogen-bond acceptors (Lipinski definition) is 7. The third-order valence-corrected chi connectivity index (χ3v) is 7.76. The first-order valence-corrected chi connectivity index (χ1v) is 13.0. The Kier molecular flexibility index (Phi) is 6.96. The van der Waals surface area contributed by atoms with Gasteiger partial charge in [0.2, 0.25) is 0 Å². The average molecular weight is 554 g/mol. The molecule has 0 aliphatic carbocycles. The molecular formula is C27H21F2N3O4S2. The standard InChI is InChI=1S/C27H21F2N3O4S2/c1-13-4-3-5-15(10-13)35-12-16-7-8-19(36-16)26(34)32-22-21-17(20-9-6-14(2)37-20)11-18(24(28)29)31-27(21)38-23(22)25(30)33/h3-11,24H,12H2,1-2H3,(H2,30,33)(H,32,34). The van der Waals surface area contributed by atoms with E-state index in [4.69, 9.17) is 14.9 Å². The predicted octanol–water partition coefficient (Wildman–Crippen LogP) is 7.10. The summed E-state index contributed by atoms with van der Waals surface area (Å²) in [4.78, 5) is 31.3. The van der Waals surface area contributed by atoms with E-state index in [2.05, 4.69) is 10.3 Å². The van der Waals surface area contributed by atoms with E-state index < -0.39 is 23.9 Å². The van der Waals surface area contributed by atoms with E-state index >= 15 is 0 Å². The zero-order valence-corrected chi connectivity index (χ0v) is 21.8. The summed E-state index contributed by atoms with van der Waals surface area (Å²) in [6, 6.07) is 15.5. The van der Waals surface area contributed by atoms with Gasteiger partial charge in [-0.2, -0.15) is 0 Å². The first-order chi connectivity index (χ1) is 18.2. The Bertz CT molecular complexity index is 1670. The Morgan fingerprint density at radius 1 is 1.11 bits per heavy atom. The van der Waals surface area contributed by atoms with Crippen molar-refractivity contribution in [3.8, 4) is 16.2 Å². The first kappa shape index (κ1) is 25.6. The zero-order chi connectivity index (χ0) is 27.0. The van der Waals surface area contributed by atoms with Crippen molar-refractivity contribution in [1.29, 1.82) is 0 Å². The maximum absolute atomic E-state index is 13.6. The molecule has 2 amide bonds. The van der Waals surface area contributed by atoms with Gasteiger partial charge in [0.05, 0.1) is 5.69 Å². The van der Waals surface area contributed by atoms with Crippen LogP contribution in [0.2, 0.25) is 0 Å². The number of ether oxygens (including phenoxy) is 1. The van der Waals surface area contributed by atoms with Crippen LogP contribution in [0.5, 0.6) is 5.75 Å². The summed E-state index contributed by atoms with van der Waals surface area (Å²) in [6.45, 7) is 3.95. The van der Waals surface area contributed by atoms with E-state index in [1.165, 1.54) is 23.5 Å². The number of alkyl halides is 2. The molecule has 5 rings (SSSR count). The Hall–Kier alpha value is -4.09. The molecule has 0 radical (unpaired) electrons. The Labute approximate surface area is 223 Å². The van der Waals surface area contributed by atoms with E-state index in [0.717, 1.165) is 21.8 Å². The molecule has 11 heteroatoms.